The third kappa shape index (κ3) is 3.70. The van der Waals surface area contributed by atoms with E-state index in [4.69, 9.17) is 0 Å². The number of rotatable bonds is 5. The zero-order valence-electron chi connectivity index (χ0n) is 10.3. The molecule has 1 aromatic carbocycles. The van der Waals surface area contributed by atoms with Gasteiger partial charge in [-0.2, -0.15) is 0 Å². The van der Waals surface area contributed by atoms with Crippen molar-refractivity contribution in [3.63, 3.8) is 0 Å². The summed E-state index contributed by atoms with van der Waals surface area (Å²) in [5.74, 6) is 0.372. The predicted molar refractivity (Wildman–Crippen MR) is 68.7 cm³/mol. The van der Waals surface area contributed by atoms with Crippen LogP contribution in [0.5, 0.6) is 5.75 Å². The molecule has 0 saturated carbocycles. The van der Waals surface area contributed by atoms with Gasteiger partial charge in [-0.1, -0.05) is 29.8 Å². The van der Waals surface area contributed by atoms with Gasteiger partial charge in [0, 0.05) is 11.6 Å². The molecule has 0 heterocycles. The Labute approximate surface area is 98.0 Å². The average Bonchev–Trinajstić information content (AvgIpc) is 2.27. The van der Waals surface area contributed by atoms with Gasteiger partial charge in [0.15, 0.2) is 0 Å². The number of benzene rings is 1. The average molecular weight is 219 g/mol. The van der Waals surface area contributed by atoms with Crippen molar-refractivity contribution < 1.29 is 5.11 Å². The number of phenolic OH excluding ortho intramolecular Hbond substituents is 1. The maximum atomic E-state index is 9.75. The highest BCUT2D eigenvalue weighted by molar-refractivity contribution is 5.37. The summed E-state index contributed by atoms with van der Waals surface area (Å²) < 4.78 is 0. The summed E-state index contributed by atoms with van der Waals surface area (Å²) >= 11 is 0. The molecule has 0 saturated heterocycles. The summed E-state index contributed by atoms with van der Waals surface area (Å²) in [4.78, 5) is 0. The fourth-order valence-electron chi connectivity index (χ4n) is 1.68. The van der Waals surface area contributed by atoms with Crippen molar-refractivity contribution in [2.24, 2.45) is 0 Å². The van der Waals surface area contributed by atoms with E-state index in [0.717, 1.165) is 18.5 Å². The second-order valence-electron chi connectivity index (χ2n) is 4.10. The van der Waals surface area contributed by atoms with Gasteiger partial charge in [0.1, 0.15) is 5.75 Å². The number of allylic oxidation sites excluding steroid dienone is 1. The Bertz CT molecular complexity index is 358. The van der Waals surface area contributed by atoms with Crippen LogP contribution in [0.2, 0.25) is 0 Å². The van der Waals surface area contributed by atoms with E-state index in [1.54, 1.807) is 6.07 Å². The van der Waals surface area contributed by atoms with Crippen LogP contribution >= 0.6 is 0 Å². The first-order chi connectivity index (χ1) is 7.65. The minimum atomic E-state index is 0.185. The molecule has 0 fully saturated rings. The summed E-state index contributed by atoms with van der Waals surface area (Å²) in [6.45, 7) is 7.06. The van der Waals surface area contributed by atoms with Gasteiger partial charge < -0.3 is 10.4 Å². The number of aryl methyl sites for hydroxylation is 1. The van der Waals surface area contributed by atoms with E-state index in [-0.39, 0.29) is 6.04 Å². The monoisotopic (exact) mass is 219 g/mol. The van der Waals surface area contributed by atoms with E-state index in [1.165, 1.54) is 5.56 Å². The molecular weight excluding hydrogens is 198 g/mol. The molecule has 1 aromatic rings. The molecule has 0 aliphatic heterocycles. The molecule has 0 aliphatic carbocycles. The molecule has 0 radical (unpaired) electrons. The first-order valence-electron chi connectivity index (χ1n) is 5.79. The third-order valence-electron chi connectivity index (χ3n) is 2.65. The molecule has 1 unspecified atom stereocenters. The lowest BCUT2D eigenvalue weighted by Crippen LogP contribution is -2.19. The molecule has 0 aliphatic rings. The topological polar surface area (TPSA) is 32.3 Å². The van der Waals surface area contributed by atoms with Crippen LogP contribution in [0, 0.1) is 6.92 Å². The summed E-state index contributed by atoms with van der Waals surface area (Å²) in [5.41, 5.74) is 2.15. The second-order valence-corrected chi connectivity index (χ2v) is 4.10. The maximum absolute atomic E-state index is 9.75. The highest BCUT2D eigenvalue weighted by Crippen LogP contribution is 2.24. The fraction of sp³-hybridized carbons (Fsp3) is 0.429. The van der Waals surface area contributed by atoms with E-state index in [0.29, 0.717) is 5.75 Å². The van der Waals surface area contributed by atoms with Gasteiger partial charge in [-0.3, -0.25) is 0 Å². The van der Waals surface area contributed by atoms with Crippen LogP contribution in [0.15, 0.2) is 30.4 Å². The van der Waals surface area contributed by atoms with Crippen molar-refractivity contribution in [3.05, 3.63) is 41.5 Å². The number of hydrogen-bond acceptors (Lipinski definition) is 2. The number of aromatic hydroxyl groups is 1. The molecule has 1 atom stereocenters. The Hall–Kier alpha value is -1.28. The molecule has 2 heteroatoms. The van der Waals surface area contributed by atoms with Crippen molar-refractivity contribution in [3.8, 4) is 5.75 Å². The Morgan fingerprint density at radius 1 is 1.44 bits per heavy atom. The molecule has 0 amide bonds. The minimum Gasteiger partial charge on any atom is -0.508 e. The smallest absolute Gasteiger partial charge is 0.120 e. The summed E-state index contributed by atoms with van der Waals surface area (Å²) in [7, 11) is 0. The maximum Gasteiger partial charge on any atom is 0.120 e. The van der Waals surface area contributed by atoms with Crippen LogP contribution in [0.3, 0.4) is 0 Å². The summed E-state index contributed by atoms with van der Waals surface area (Å²) in [5, 5.41) is 13.1. The first-order valence-corrected chi connectivity index (χ1v) is 5.79. The van der Waals surface area contributed by atoms with E-state index in [9.17, 15) is 5.11 Å². The largest absolute Gasteiger partial charge is 0.508 e. The molecule has 1 rings (SSSR count). The Balaban J connectivity index is 2.58. The van der Waals surface area contributed by atoms with Gasteiger partial charge in [-0.25, -0.2) is 0 Å². The van der Waals surface area contributed by atoms with Crippen LogP contribution < -0.4 is 5.32 Å². The SMILES string of the molecule is C/C=C/CCNC(C)c1cc(C)ccc1O. The lowest BCUT2D eigenvalue weighted by molar-refractivity contribution is 0.453. The third-order valence-corrected chi connectivity index (χ3v) is 2.65. The molecule has 0 spiro atoms. The first kappa shape index (κ1) is 12.8. The van der Waals surface area contributed by atoms with Gasteiger partial charge in [-0.05, 0) is 39.8 Å². The Kier molecular flexibility index (Phi) is 5.06. The van der Waals surface area contributed by atoms with E-state index in [2.05, 4.69) is 24.4 Å². The van der Waals surface area contributed by atoms with Crippen molar-refractivity contribution in [1.29, 1.82) is 0 Å². The lowest BCUT2D eigenvalue weighted by atomic mass is 10.0. The van der Waals surface area contributed by atoms with E-state index in [1.807, 2.05) is 26.0 Å². The molecule has 88 valence electrons. The van der Waals surface area contributed by atoms with Crippen LogP contribution in [-0.4, -0.2) is 11.7 Å². The molecular formula is C14H21NO. The highest BCUT2D eigenvalue weighted by atomic mass is 16.3. The standard InChI is InChI=1S/C14H21NO/c1-4-5-6-9-15-12(3)13-10-11(2)7-8-14(13)16/h4-5,7-8,10,12,15-16H,6,9H2,1-3H3/b5-4+. The zero-order valence-corrected chi connectivity index (χ0v) is 10.3. The fourth-order valence-corrected chi connectivity index (χ4v) is 1.68. The van der Waals surface area contributed by atoms with Gasteiger partial charge in [0.05, 0.1) is 0 Å². The van der Waals surface area contributed by atoms with Crippen LogP contribution in [0.4, 0.5) is 0 Å². The number of phenols is 1. The quantitative estimate of drug-likeness (QED) is 0.588. The van der Waals surface area contributed by atoms with Gasteiger partial charge in [-0.15, -0.1) is 0 Å². The summed E-state index contributed by atoms with van der Waals surface area (Å²) in [6, 6.07) is 5.90. The molecule has 16 heavy (non-hydrogen) atoms. The van der Waals surface area contributed by atoms with Gasteiger partial charge in [0.25, 0.3) is 0 Å². The Morgan fingerprint density at radius 2 is 2.19 bits per heavy atom. The molecule has 2 nitrogen and oxygen atoms in total. The molecule has 0 aromatic heterocycles. The molecule has 2 N–H and O–H groups in total. The second kappa shape index (κ2) is 6.33. The van der Waals surface area contributed by atoms with Crippen LogP contribution in [0.25, 0.3) is 0 Å². The predicted octanol–water partition coefficient (Wildman–Crippen LogP) is 3.32. The lowest BCUT2D eigenvalue weighted by Gasteiger charge is -2.15. The normalized spacial score (nSPS) is 13.2. The van der Waals surface area contributed by atoms with Crippen molar-refractivity contribution in [2.45, 2.75) is 33.2 Å². The number of hydrogen-bond donors (Lipinski definition) is 2. The van der Waals surface area contributed by atoms with Crippen molar-refractivity contribution in [1.82, 2.24) is 5.32 Å². The number of nitrogens with one attached hydrogen (secondary N) is 1. The Morgan fingerprint density at radius 3 is 2.88 bits per heavy atom. The minimum absolute atomic E-state index is 0.185. The van der Waals surface area contributed by atoms with Crippen LogP contribution in [0.1, 0.15) is 37.4 Å². The zero-order chi connectivity index (χ0) is 12.0. The van der Waals surface area contributed by atoms with Crippen molar-refractivity contribution in [2.75, 3.05) is 6.54 Å². The van der Waals surface area contributed by atoms with Crippen LogP contribution in [-0.2, 0) is 0 Å². The van der Waals surface area contributed by atoms with E-state index >= 15 is 0 Å². The highest BCUT2D eigenvalue weighted by Gasteiger charge is 2.08. The van der Waals surface area contributed by atoms with Gasteiger partial charge in [0.2, 0.25) is 0 Å². The van der Waals surface area contributed by atoms with Gasteiger partial charge >= 0.3 is 0 Å². The summed E-state index contributed by atoms with van der Waals surface area (Å²) in [6.07, 6.45) is 5.21. The van der Waals surface area contributed by atoms with E-state index < -0.39 is 0 Å². The van der Waals surface area contributed by atoms with Crippen molar-refractivity contribution >= 4 is 0 Å². The molecule has 0 bridgehead atoms.